The second kappa shape index (κ2) is 8.16. The van der Waals surface area contributed by atoms with Crippen LogP contribution in [0.25, 0.3) is 6.08 Å². The van der Waals surface area contributed by atoms with Crippen molar-refractivity contribution in [1.82, 2.24) is 10.4 Å². The zero-order valence-electron chi connectivity index (χ0n) is 14.0. The highest BCUT2D eigenvalue weighted by atomic mass is 32.2. The van der Waals surface area contributed by atoms with Crippen LogP contribution in [0.1, 0.15) is 22.8 Å². The topological polar surface area (TPSA) is 58.6 Å². The number of nitrogens with one attached hydrogen (secondary N) is 1. The summed E-state index contributed by atoms with van der Waals surface area (Å²) in [5, 5.41) is 1.10. The van der Waals surface area contributed by atoms with E-state index in [1.54, 1.807) is 30.3 Å². The van der Waals surface area contributed by atoms with Crippen molar-refractivity contribution in [3.05, 3.63) is 70.6 Å². The highest BCUT2D eigenvalue weighted by Gasteiger charge is 2.34. The van der Waals surface area contributed by atoms with Gasteiger partial charge in [-0.3, -0.25) is 15.0 Å². The van der Waals surface area contributed by atoms with Crippen molar-refractivity contribution in [3.8, 4) is 5.75 Å². The van der Waals surface area contributed by atoms with Gasteiger partial charge in [-0.1, -0.05) is 48.2 Å². The number of carbonyl (C=O) groups is 2. The zero-order chi connectivity index (χ0) is 18.5. The Kier molecular flexibility index (Phi) is 5.70. The van der Waals surface area contributed by atoms with Crippen molar-refractivity contribution in [2.24, 2.45) is 0 Å². The molecule has 2 aromatic carbocycles. The van der Waals surface area contributed by atoms with Crippen LogP contribution in [0.5, 0.6) is 5.75 Å². The first-order valence-corrected chi connectivity index (χ1v) is 9.18. The molecule has 3 rings (SSSR count). The first kappa shape index (κ1) is 18.2. The fourth-order valence-corrected chi connectivity index (χ4v) is 3.52. The number of rotatable bonds is 5. The Bertz CT molecular complexity index is 881. The van der Waals surface area contributed by atoms with E-state index in [0.717, 1.165) is 22.3 Å². The molecule has 1 saturated heterocycles. The minimum absolute atomic E-state index is 0.277. The van der Waals surface area contributed by atoms with Crippen molar-refractivity contribution in [2.45, 2.75) is 6.92 Å². The molecular weight excluding hydrogens is 368 g/mol. The highest BCUT2D eigenvalue weighted by molar-refractivity contribution is 8.26. The number of nitrogens with zero attached hydrogens (tertiary/aromatic N) is 1. The molecule has 0 bridgehead atoms. The van der Waals surface area contributed by atoms with E-state index in [0.29, 0.717) is 22.8 Å². The maximum atomic E-state index is 12.7. The Morgan fingerprint density at radius 3 is 2.62 bits per heavy atom. The Balaban J connectivity index is 1.80. The van der Waals surface area contributed by atoms with E-state index >= 15 is 0 Å². The quantitative estimate of drug-likeness (QED) is 0.630. The lowest BCUT2D eigenvalue weighted by Gasteiger charge is -2.15. The molecule has 1 aliphatic heterocycles. The third-order valence-electron chi connectivity index (χ3n) is 3.55. The molecule has 132 valence electrons. The lowest BCUT2D eigenvalue weighted by atomic mass is 10.2. The molecule has 7 heteroatoms. The summed E-state index contributed by atoms with van der Waals surface area (Å²) in [5.74, 6) is -0.0676. The Labute approximate surface area is 161 Å². The smallest absolute Gasteiger partial charge is 0.285 e. The molecule has 1 fully saturated rings. The van der Waals surface area contributed by atoms with Crippen LogP contribution in [-0.2, 0) is 4.79 Å². The first-order chi connectivity index (χ1) is 12.6. The van der Waals surface area contributed by atoms with Gasteiger partial charge >= 0.3 is 0 Å². The zero-order valence-corrected chi connectivity index (χ0v) is 15.6. The van der Waals surface area contributed by atoms with Crippen LogP contribution in [0.15, 0.2) is 59.5 Å². The molecule has 1 N–H and O–H groups in total. The SMILES string of the molecule is CCOc1ccccc1/C=C1/SC(=S)N(NC(=O)c2ccccc2)C1=O. The summed E-state index contributed by atoms with van der Waals surface area (Å²) in [6, 6.07) is 16.1. The second-order valence-electron chi connectivity index (χ2n) is 5.29. The Hall–Kier alpha value is -2.64. The Morgan fingerprint density at radius 2 is 1.88 bits per heavy atom. The van der Waals surface area contributed by atoms with Crippen LogP contribution in [0.4, 0.5) is 0 Å². The predicted molar refractivity (Wildman–Crippen MR) is 107 cm³/mol. The number of hydrogen-bond acceptors (Lipinski definition) is 5. The number of ether oxygens (including phenoxy) is 1. The molecule has 1 aliphatic rings. The van der Waals surface area contributed by atoms with Gasteiger partial charge in [0.05, 0.1) is 11.5 Å². The molecule has 2 amide bonds. The number of amides is 2. The minimum atomic E-state index is -0.391. The van der Waals surface area contributed by atoms with E-state index in [2.05, 4.69) is 5.43 Å². The fourth-order valence-electron chi connectivity index (χ4n) is 2.35. The van der Waals surface area contributed by atoms with Crippen molar-refractivity contribution in [1.29, 1.82) is 0 Å². The van der Waals surface area contributed by atoms with Gasteiger partial charge in [0.2, 0.25) is 0 Å². The number of benzene rings is 2. The van der Waals surface area contributed by atoms with Crippen LogP contribution in [0, 0.1) is 0 Å². The molecule has 2 aromatic rings. The standard InChI is InChI=1S/C19H16N2O3S2/c1-2-24-15-11-7-6-10-14(15)12-16-18(23)21(19(25)26-16)20-17(22)13-8-4-3-5-9-13/h3-12H,2H2,1H3,(H,20,22)/b16-12+. The van der Waals surface area contributed by atoms with Gasteiger partial charge in [-0.05, 0) is 43.4 Å². The molecule has 0 saturated carbocycles. The average molecular weight is 384 g/mol. The summed E-state index contributed by atoms with van der Waals surface area (Å²) in [7, 11) is 0. The van der Waals surface area contributed by atoms with E-state index in [4.69, 9.17) is 17.0 Å². The monoisotopic (exact) mass is 384 g/mol. The molecule has 0 spiro atoms. The van der Waals surface area contributed by atoms with Gasteiger partial charge in [0, 0.05) is 11.1 Å². The average Bonchev–Trinajstić information content (AvgIpc) is 2.91. The van der Waals surface area contributed by atoms with Crippen LogP contribution in [-0.4, -0.2) is 27.8 Å². The van der Waals surface area contributed by atoms with Crippen LogP contribution in [0.3, 0.4) is 0 Å². The molecule has 0 aliphatic carbocycles. The number of carbonyl (C=O) groups excluding carboxylic acids is 2. The summed E-state index contributed by atoms with van der Waals surface area (Å²) >= 11 is 6.38. The lowest BCUT2D eigenvalue weighted by Crippen LogP contribution is -2.44. The molecule has 0 unspecified atom stereocenters. The van der Waals surface area contributed by atoms with Gasteiger partial charge in [0.25, 0.3) is 11.8 Å². The number of thioether (sulfide) groups is 1. The van der Waals surface area contributed by atoms with Crippen molar-refractivity contribution >= 4 is 46.2 Å². The number of hydrogen-bond donors (Lipinski definition) is 1. The molecule has 0 radical (unpaired) electrons. The third kappa shape index (κ3) is 3.95. The number of hydrazine groups is 1. The van der Waals surface area contributed by atoms with Gasteiger partial charge < -0.3 is 4.74 Å². The lowest BCUT2D eigenvalue weighted by molar-refractivity contribution is -0.123. The molecule has 1 heterocycles. The summed E-state index contributed by atoms with van der Waals surface area (Å²) in [6.07, 6.45) is 1.72. The summed E-state index contributed by atoms with van der Waals surface area (Å²) in [4.78, 5) is 25.4. The summed E-state index contributed by atoms with van der Waals surface area (Å²) in [6.45, 7) is 2.42. The van der Waals surface area contributed by atoms with Gasteiger partial charge in [-0.15, -0.1) is 0 Å². The highest BCUT2D eigenvalue weighted by Crippen LogP contribution is 2.33. The molecule has 0 aromatic heterocycles. The van der Waals surface area contributed by atoms with Crippen molar-refractivity contribution < 1.29 is 14.3 Å². The normalized spacial score (nSPS) is 15.4. The maximum absolute atomic E-state index is 12.7. The molecule has 26 heavy (non-hydrogen) atoms. The Morgan fingerprint density at radius 1 is 1.19 bits per heavy atom. The van der Waals surface area contributed by atoms with Crippen molar-refractivity contribution in [3.63, 3.8) is 0 Å². The van der Waals surface area contributed by atoms with E-state index < -0.39 is 5.91 Å². The molecule has 0 atom stereocenters. The second-order valence-corrected chi connectivity index (χ2v) is 6.97. The predicted octanol–water partition coefficient (Wildman–Crippen LogP) is 3.63. The minimum Gasteiger partial charge on any atom is -0.493 e. The van der Waals surface area contributed by atoms with E-state index in [1.165, 1.54) is 0 Å². The third-order valence-corrected chi connectivity index (χ3v) is 4.85. The largest absolute Gasteiger partial charge is 0.493 e. The summed E-state index contributed by atoms with van der Waals surface area (Å²) < 4.78 is 5.85. The first-order valence-electron chi connectivity index (χ1n) is 7.96. The molecule has 5 nitrogen and oxygen atoms in total. The van der Waals surface area contributed by atoms with Gasteiger partial charge in [-0.25, -0.2) is 0 Å². The number of para-hydroxylation sites is 1. The van der Waals surface area contributed by atoms with E-state index in [1.807, 2.05) is 37.3 Å². The van der Waals surface area contributed by atoms with Gasteiger partial charge in [0.15, 0.2) is 4.32 Å². The number of thiocarbonyl (C=S) groups is 1. The van der Waals surface area contributed by atoms with Crippen LogP contribution < -0.4 is 10.2 Å². The van der Waals surface area contributed by atoms with Gasteiger partial charge in [-0.2, -0.15) is 5.01 Å². The van der Waals surface area contributed by atoms with Crippen LogP contribution >= 0.6 is 24.0 Å². The maximum Gasteiger partial charge on any atom is 0.285 e. The van der Waals surface area contributed by atoms with E-state index in [-0.39, 0.29) is 10.2 Å². The molecular formula is C19H16N2O3S2. The van der Waals surface area contributed by atoms with Crippen molar-refractivity contribution in [2.75, 3.05) is 6.61 Å². The summed E-state index contributed by atoms with van der Waals surface area (Å²) in [5.41, 5.74) is 3.79. The fraction of sp³-hybridized carbons (Fsp3) is 0.105. The van der Waals surface area contributed by atoms with Crippen LogP contribution in [0.2, 0.25) is 0 Å². The van der Waals surface area contributed by atoms with Gasteiger partial charge in [0.1, 0.15) is 5.75 Å². The van der Waals surface area contributed by atoms with E-state index in [9.17, 15) is 9.59 Å².